The number of hydrogen-bond acceptors (Lipinski definition) is 1. The van der Waals surface area contributed by atoms with Crippen molar-refractivity contribution in [2.75, 3.05) is 5.32 Å². The van der Waals surface area contributed by atoms with Gasteiger partial charge in [-0.2, -0.15) is 0 Å². The second-order valence-corrected chi connectivity index (χ2v) is 7.99. The van der Waals surface area contributed by atoms with Crippen molar-refractivity contribution < 1.29 is 0 Å². The van der Waals surface area contributed by atoms with Crippen LogP contribution in [0.4, 0.5) is 11.4 Å². The maximum absolute atomic E-state index is 3.54. The highest BCUT2D eigenvalue weighted by Crippen LogP contribution is 2.34. The van der Waals surface area contributed by atoms with Crippen LogP contribution in [-0.2, 0) is 0 Å². The van der Waals surface area contributed by atoms with Crippen LogP contribution in [0.25, 0.3) is 38.6 Å². The summed E-state index contributed by atoms with van der Waals surface area (Å²) in [6, 6.07) is 44.9. The SMILES string of the molecule is c1ccc(Nc2ccc3c4ccccc4n(-c4ccc(-c5ccccc5)cc4)c3c2)cc1. The molecule has 0 saturated heterocycles. The largest absolute Gasteiger partial charge is 0.355 e. The Morgan fingerprint density at radius 3 is 1.84 bits per heavy atom. The van der Waals surface area contributed by atoms with Crippen LogP contribution in [0.2, 0.25) is 0 Å². The molecule has 6 rings (SSSR count). The zero-order chi connectivity index (χ0) is 21.3. The van der Waals surface area contributed by atoms with Crippen molar-refractivity contribution in [3.05, 3.63) is 127 Å². The van der Waals surface area contributed by atoms with Gasteiger partial charge in [0.1, 0.15) is 0 Å². The number of fused-ring (bicyclic) bond motifs is 3. The number of para-hydroxylation sites is 2. The number of anilines is 2. The van der Waals surface area contributed by atoms with E-state index in [-0.39, 0.29) is 0 Å². The van der Waals surface area contributed by atoms with Crippen molar-refractivity contribution in [1.29, 1.82) is 0 Å². The lowest BCUT2D eigenvalue weighted by molar-refractivity contribution is 1.18. The van der Waals surface area contributed by atoms with Gasteiger partial charge < -0.3 is 9.88 Å². The van der Waals surface area contributed by atoms with Crippen molar-refractivity contribution in [1.82, 2.24) is 4.57 Å². The predicted molar refractivity (Wildman–Crippen MR) is 136 cm³/mol. The van der Waals surface area contributed by atoms with Crippen LogP contribution in [0.5, 0.6) is 0 Å². The summed E-state index contributed by atoms with van der Waals surface area (Å²) < 4.78 is 2.36. The molecule has 152 valence electrons. The van der Waals surface area contributed by atoms with Crippen molar-refractivity contribution >= 4 is 33.2 Å². The number of hydrogen-bond donors (Lipinski definition) is 1. The van der Waals surface area contributed by atoms with E-state index in [0.29, 0.717) is 0 Å². The monoisotopic (exact) mass is 410 g/mol. The standard InChI is InChI=1S/C30H22N2/c1-3-9-22(10-4-1)23-15-18-26(19-16-23)32-29-14-8-7-13-27(29)28-20-17-25(21-30(28)32)31-24-11-5-2-6-12-24/h1-21,31H. The highest BCUT2D eigenvalue weighted by Gasteiger charge is 2.13. The normalized spacial score (nSPS) is 11.1. The van der Waals surface area contributed by atoms with Crippen molar-refractivity contribution in [3.63, 3.8) is 0 Å². The molecule has 2 nitrogen and oxygen atoms in total. The molecule has 32 heavy (non-hydrogen) atoms. The Morgan fingerprint density at radius 2 is 1.06 bits per heavy atom. The fraction of sp³-hybridized carbons (Fsp3) is 0. The molecule has 0 atom stereocenters. The third-order valence-electron chi connectivity index (χ3n) is 5.97. The van der Waals surface area contributed by atoms with E-state index in [0.717, 1.165) is 17.1 Å². The summed E-state index contributed by atoms with van der Waals surface area (Å²) in [5.74, 6) is 0. The Hall–Kier alpha value is -4.30. The number of rotatable bonds is 4. The molecule has 0 saturated carbocycles. The van der Waals surface area contributed by atoms with Crippen LogP contribution in [0.1, 0.15) is 0 Å². The summed E-state index contributed by atoms with van der Waals surface area (Å²) in [6.07, 6.45) is 0. The highest BCUT2D eigenvalue weighted by atomic mass is 15.0. The van der Waals surface area contributed by atoms with Gasteiger partial charge in [-0.3, -0.25) is 0 Å². The molecule has 0 aliphatic rings. The van der Waals surface area contributed by atoms with E-state index in [1.165, 1.54) is 32.9 Å². The number of benzene rings is 5. The van der Waals surface area contributed by atoms with E-state index in [4.69, 9.17) is 0 Å². The molecule has 1 heterocycles. The van der Waals surface area contributed by atoms with Gasteiger partial charge in [-0.25, -0.2) is 0 Å². The third-order valence-corrected chi connectivity index (χ3v) is 5.97. The summed E-state index contributed by atoms with van der Waals surface area (Å²) in [5, 5.41) is 6.06. The van der Waals surface area contributed by atoms with Gasteiger partial charge in [-0.05, 0) is 53.6 Å². The average Bonchev–Trinajstić information content (AvgIpc) is 3.19. The average molecular weight is 411 g/mol. The Labute approximate surface area is 187 Å². The smallest absolute Gasteiger partial charge is 0.0561 e. The quantitative estimate of drug-likeness (QED) is 0.310. The minimum Gasteiger partial charge on any atom is -0.355 e. The van der Waals surface area contributed by atoms with Gasteiger partial charge in [0.15, 0.2) is 0 Å². The summed E-state index contributed by atoms with van der Waals surface area (Å²) >= 11 is 0. The third kappa shape index (κ3) is 3.23. The summed E-state index contributed by atoms with van der Waals surface area (Å²) in [4.78, 5) is 0. The topological polar surface area (TPSA) is 17.0 Å². The van der Waals surface area contributed by atoms with Gasteiger partial charge in [0, 0.05) is 27.8 Å². The van der Waals surface area contributed by atoms with Crippen LogP contribution in [0.3, 0.4) is 0 Å². The van der Waals surface area contributed by atoms with Crippen LogP contribution < -0.4 is 5.32 Å². The van der Waals surface area contributed by atoms with E-state index < -0.39 is 0 Å². The highest BCUT2D eigenvalue weighted by molar-refractivity contribution is 6.10. The van der Waals surface area contributed by atoms with E-state index in [1.54, 1.807) is 0 Å². The van der Waals surface area contributed by atoms with E-state index >= 15 is 0 Å². The number of aromatic nitrogens is 1. The van der Waals surface area contributed by atoms with Crippen LogP contribution in [0.15, 0.2) is 127 Å². The maximum atomic E-state index is 3.54. The van der Waals surface area contributed by atoms with Crippen LogP contribution >= 0.6 is 0 Å². The molecule has 5 aromatic carbocycles. The molecule has 0 bridgehead atoms. The van der Waals surface area contributed by atoms with Crippen molar-refractivity contribution in [2.45, 2.75) is 0 Å². The van der Waals surface area contributed by atoms with Gasteiger partial charge >= 0.3 is 0 Å². The Bertz CT molecular complexity index is 1510. The van der Waals surface area contributed by atoms with Crippen LogP contribution in [-0.4, -0.2) is 4.57 Å². The van der Waals surface area contributed by atoms with Gasteiger partial charge in [-0.15, -0.1) is 0 Å². The molecule has 0 radical (unpaired) electrons. The zero-order valence-corrected chi connectivity index (χ0v) is 17.6. The molecule has 0 fully saturated rings. The zero-order valence-electron chi connectivity index (χ0n) is 17.6. The first kappa shape index (κ1) is 18.5. The number of nitrogens with one attached hydrogen (secondary N) is 1. The predicted octanol–water partition coefficient (Wildman–Crippen LogP) is 8.19. The minimum atomic E-state index is 1.08. The summed E-state index contributed by atoms with van der Waals surface area (Å²) in [5.41, 5.74) is 8.19. The lowest BCUT2D eigenvalue weighted by Gasteiger charge is -2.11. The second kappa shape index (κ2) is 7.75. The Balaban J connectivity index is 1.50. The minimum absolute atomic E-state index is 1.08. The van der Waals surface area contributed by atoms with Gasteiger partial charge in [0.05, 0.1) is 11.0 Å². The molecule has 6 aromatic rings. The fourth-order valence-corrected chi connectivity index (χ4v) is 4.45. The second-order valence-electron chi connectivity index (χ2n) is 7.99. The van der Waals surface area contributed by atoms with Crippen molar-refractivity contribution in [3.8, 4) is 16.8 Å². The van der Waals surface area contributed by atoms with Gasteiger partial charge in [0.25, 0.3) is 0 Å². The Kier molecular flexibility index (Phi) is 4.47. The molecule has 2 heteroatoms. The molecule has 0 aliphatic heterocycles. The molecule has 0 spiro atoms. The first-order valence-corrected chi connectivity index (χ1v) is 10.9. The maximum Gasteiger partial charge on any atom is 0.0561 e. The Morgan fingerprint density at radius 1 is 0.438 bits per heavy atom. The molecule has 0 unspecified atom stereocenters. The van der Waals surface area contributed by atoms with E-state index in [9.17, 15) is 0 Å². The van der Waals surface area contributed by atoms with E-state index in [2.05, 4.69) is 119 Å². The van der Waals surface area contributed by atoms with Crippen molar-refractivity contribution in [2.24, 2.45) is 0 Å². The molecule has 1 N–H and O–H groups in total. The van der Waals surface area contributed by atoms with Gasteiger partial charge in [-0.1, -0.05) is 84.9 Å². The first-order chi connectivity index (χ1) is 15.9. The number of nitrogens with zero attached hydrogens (tertiary/aromatic N) is 1. The molecule has 0 aliphatic carbocycles. The summed E-state index contributed by atoms with van der Waals surface area (Å²) in [6.45, 7) is 0. The lowest BCUT2D eigenvalue weighted by atomic mass is 10.1. The molecule has 1 aromatic heterocycles. The lowest BCUT2D eigenvalue weighted by Crippen LogP contribution is -1.95. The van der Waals surface area contributed by atoms with Crippen LogP contribution in [0, 0.1) is 0 Å². The summed E-state index contributed by atoms with van der Waals surface area (Å²) in [7, 11) is 0. The first-order valence-electron chi connectivity index (χ1n) is 10.9. The van der Waals surface area contributed by atoms with E-state index in [1.807, 2.05) is 18.2 Å². The molecular formula is C30H22N2. The molecule has 0 amide bonds. The fourth-order valence-electron chi connectivity index (χ4n) is 4.45. The molecular weight excluding hydrogens is 388 g/mol. The van der Waals surface area contributed by atoms with Gasteiger partial charge in [0.2, 0.25) is 0 Å².